The summed E-state index contributed by atoms with van der Waals surface area (Å²) in [6, 6.07) is 7.03. The van der Waals surface area contributed by atoms with Crippen molar-refractivity contribution in [3.63, 3.8) is 0 Å². The van der Waals surface area contributed by atoms with E-state index in [4.69, 9.17) is 10.5 Å². The summed E-state index contributed by atoms with van der Waals surface area (Å²) < 4.78 is 5.38. The summed E-state index contributed by atoms with van der Waals surface area (Å²) >= 11 is 0. The molecule has 128 valence electrons. The van der Waals surface area contributed by atoms with Crippen molar-refractivity contribution >= 4 is 17.6 Å². The molecule has 2 rings (SSSR count). The second kappa shape index (κ2) is 8.56. The van der Waals surface area contributed by atoms with Crippen LogP contribution in [0.3, 0.4) is 0 Å². The quantitative estimate of drug-likeness (QED) is 0.582. The molecule has 0 aliphatic rings. The van der Waals surface area contributed by atoms with Crippen LogP contribution in [0.1, 0.15) is 12.5 Å². The van der Waals surface area contributed by atoms with E-state index in [-0.39, 0.29) is 6.54 Å². The monoisotopic (exact) mass is 331 g/mol. The van der Waals surface area contributed by atoms with Gasteiger partial charge in [0, 0.05) is 12.7 Å². The van der Waals surface area contributed by atoms with Crippen LogP contribution >= 0.6 is 0 Å². The standard InChI is InChI=1S/C16H21N5O3/c1-2-24-14-5-3-11(4-6-14)7-12(15(17)22)8-18-16(23)21-13-9-19-20-10-13/h3-6,9-10,12H,2,7-8H2,1H3,(H2,17,22)(H,19,20)(H2,18,21,23). The molecule has 2 aromatic rings. The Bertz CT molecular complexity index is 655. The maximum Gasteiger partial charge on any atom is 0.319 e. The normalized spacial score (nSPS) is 11.5. The van der Waals surface area contributed by atoms with Crippen molar-refractivity contribution < 1.29 is 14.3 Å². The molecular formula is C16H21N5O3. The third kappa shape index (κ3) is 5.31. The number of hydrogen-bond acceptors (Lipinski definition) is 4. The van der Waals surface area contributed by atoms with Crippen molar-refractivity contribution in [3.05, 3.63) is 42.2 Å². The van der Waals surface area contributed by atoms with E-state index in [1.165, 1.54) is 6.20 Å². The fourth-order valence-corrected chi connectivity index (χ4v) is 2.16. The minimum atomic E-state index is -0.502. The number of urea groups is 1. The number of primary amides is 1. The average Bonchev–Trinajstić information content (AvgIpc) is 3.06. The number of benzene rings is 1. The Hall–Kier alpha value is -3.03. The third-order valence-electron chi connectivity index (χ3n) is 3.38. The minimum Gasteiger partial charge on any atom is -0.494 e. The number of nitrogens with two attached hydrogens (primary N) is 1. The third-order valence-corrected chi connectivity index (χ3v) is 3.38. The molecule has 0 spiro atoms. The molecule has 3 amide bonds. The van der Waals surface area contributed by atoms with E-state index in [1.54, 1.807) is 6.20 Å². The highest BCUT2D eigenvalue weighted by Crippen LogP contribution is 2.15. The number of nitrogens with one attached hydrogen (secondary N) is 3. The van der Waals surface area contributed by atoms with Gasteiger partial charge in [0.05, 0.1) is 24.4 Å². The SMILES string of the molecule is CCOc1ccc(CC(CNC(=O)Nc2cn[nH]c2)C(N)=O)cc1. The molecule has 0 radical (unpaired) electrons. The van der Waals surface area contributed by atoms with Gasteiger partial charge in [-0.15, -0.1) is 0 Å². The lowest BCUT2D eigenvalue weighted by Gasteiger charge is -2.15. The Labute approximate surface area is 139 Å². The number of rotatable bonds is 8. The van der Waals surface area contributed by atoms with E-state index in [0.29, 0.717) is 18.7 Å². The highest BCUT2D eigenvalue weighted by Gasteiger charge is 2.17. The number of hydrogen-bond donors (Lipinski definition) is 4. The van der Waals surface area contributed by atoms with Crippen molar-refractivity contribution in [1.82, 2.24) is 15.5 Å². The smallest absolute Gasteiger partial charge is 0.319 e. The number of nitrogens with zero attached hydrogens (tertiary/aromatic N) is 1. The fraction of sp³-hybridized carbons (Fsp3) is 0.312. The second-order valence-electron chi connectivity index (χ2n) is 5.20. The minimum absolute atomic E-state index is 0.145. The first-order valence-electron chi connectivity index (χ1n) is 7.63. The van der Waals surface area contributed by atoms with Gasteiger partial charge in [-0.05, 0) is 31.0 Å². The van der Waals surface area contributed by atoms with Gasteiger partial charge in [-0.2, -0.15) is 5.10 Å². The molecule has 1 unspecified atom stereocenters. The zero-order valence-corrected chi connectivity index (χ0v) is 13.4. The molecule has 1 heterocycles. The van der Waals surface area contributed by atoms with Crippen molar-refractivity contribution in [3.8, 4) is 5.75 Å². The van der Waals surface area contributed by atoms with Crippen LogP contribution in [0.5, 0.6) is 5.75 Å². The fourth-order valence-electron chi connectivity index (χ4n) is 2.16. The van der Waals surface area contributed by atoms with Crippen molar-refractivity contribution in [2.24, 2.45) is 11.7 Å². The highest BCUT2D eigenvalue weighted by molar-refractivity contribution is 5.89. The summed E-state index contributed by atoms with van der Waals surface area (Å²) in [4.78, 5) is 23.4. The Balaban J connectivity index is 1.87. The van der Waals surface area contributed by atoms with Gasteiger partial charge >= 0.3 is 6.03 Å². The molecule has 1 aromatic heterocycles. The lowest BCUT2D eigenvalue weighted by molar-refractivity contribution is -0.121. The number of amides is 3. The van der Waals surface area contributed by atoms with Gasteiger partial charge in [0.25, 0.3) is 0 Å². The molecule has 5 N–H and O–H groups in total. The van der Waals surface area contributed by atoms with Gasteiger partial charge < -0.3 is 21.1 Å². The van der Waals surface area contributed by atoms with Crippen LogP contribution in [0.15, 0.2) is 36.7 Å². The largest absolute Gasteiger partial charge is 0.494 e. The number of carbonyl (C=O) groups excluding carboxylic acids is 2. The molecule has 0 bridgehead atoms. The number of anilines is 1. The number of carbonyl (C=O) groups is 2. The van der Waals surface area contributed by atoms with Crippen LogP contribution in [0, 0.1) is 5.92 Å². The van der Waals surface area contributed by atoms with Gasteiger partial charge in [-0.1, -0.05) is 12.1 Å². The summed E-state index contributed by atoms with van der Waals surface area (Å²) in [5.41, 5.74) is 6.91. The molecule has 0 aliphatic heterocycles. The molecule has 0 saturated heterocycles. The Morgan fingerprint density at radius 1 is 1.33 bits per heavy atom. The van der Waals surface area contributed by atoms with Crippen molar-refractivity contribution in [1.29, 1.82) is 0 Å². The second-order valence-corrected chi connectivity index (χ2v) is 5.20. The van der Waals surface area contributed by atoms with Crippen LogP contribution in [-0.4, -0.2) is 35.3 Å². The molecule has 8 nitrogen and oxygen atoms in total. The van der Waals surface area contributed by atoms with Gasteiger partial charge in [-0.3, -0.25) is 9.89 Å². The molecular weight excluding hydrogens is 310 g/mol. The summed E-state index contributed by atoms with van der Waals surface area (Å²) in [6.45, 7) is 2.66. The number of ether oxygens (including phenoxy) is 1. The predicted octanol–water partition coefficient (Wildman–Crippen LogP) is 1.27. The molecule has 0 aliphatic carbocycles. The van der Waals surface area contributed by atoms with Gasteiger partial charge in [0.1, 0.15) is 5.75 Å². The van der Waals surface area contributed by atoms with Gasteiger partial charge in [0.15, 0.2) is 0 Å². The zero-order chi connectivity index (χ0) is 17.4. The van der Waals surface area contributed by atoms with E-state index in [9.17, 15) is 9.59 Å². The zero-order valence-electron chi connectivity index (χ0n) is 13.4. The maximum atomic E-state index is 11.8. The Morgan fingerprint density at radius 2 is 2.08 bits per heavy atom. The maximum absolute atomic E-state index is 11.8. The van der Waals surface area contributed by atoms with Crippen LogP contribution in [0.4, 0.5) is 10.5 Å². The van der Waals surface area contributed by atoms with Crippen molar-refractivity contribution in [2.45, 2.75) is 13.3 Å². The molecule has 0 saturated carbocycles. The lowest BCUT2D eigenvalue weighted by atomic mass is 9.98. The molecule has 8 heteroatoms. The van der Waals surface area contributed by atoms with Crippen LogP contribution in [0.25, 0.3) is 0 Å². The molecule has 0 fully saturated rings. The lowest BCUT2D eigenvalue weighted by Crippen LogP contribution is -2.39. The first kappa shape index (κ1) is 17.3. The molecule has 24 heavy (non-hydrogen) atoms. The Kier molecular flexibility index (Phi) is 6.18. The van der Waals surface area contributed by atoms with E-state index in [0.717, 1.165) is 11.3 Å². The topological polar surface area (TPSA) is 122 Å². The van der Waals surface area contributed by atoms with Gasteiger partial charge in [-0.25, -0.2) is 4.79 Å². The predicted molar refractivity (Wildman–Crippen MR) is 89.6 cm³/mol. The average molecular weight is 331 g/mol. The molecule has 1 aromatic carbocycles. The van der Waals surface area contributed by atoms with Crippen molar-refractivity contribution in [2.75, 3.05) is 18.5 Å². The summed E-state index contributed by atoms with van der Waals surface area (Å²) in [7, 11) is 0. The number of H-pyrrole nitrogens is 1. The van der Waals surface area contributed by atoms with Crippen LogP contribution in [0.2, 0.25) is 0 Å². The highest BCUT2D eigenvalue weighted by atomic mass is 16.5. The summed E-state index contributed by atoms with van der Waals surface area (Å²) in [5.74, 6) is -0.194. The van der Waals surface area contributed by atoms with Crippen LogP contribution in [-0.2, 0) is 11.2 Å². The number of aromatic amines is 1. The van der Waals surface area contributed by atoms with E-state index in [1.807, 2.05) is 31.2 Å². The summed E-state index contributed by atoms with van der Waals surface area (Å²) in [6.07, 6.45) is 3.46. The summed E-state index contributed by atoms with van der Waals surface area (Å²) in [5, 5.41) is 11.5. The van der Waals surface area contributed by atoms with E-state index in [2.05, 4.69) is 20.8 Å². The van der Waals surface area contributed by atoms with Gasteiger partial charge in [0.2, 0.25) is 5.91 Å². The number of aromatic nitrogens is 2. The first-order valence-corrected chi connectivity index (χ1v) is 7.63. The first-order chi connectivity index (χ1) is 11.6. The van der Waals surface area contributed by atoms with E-state index >= 15 is 0 Å². The van der Waals surface area contributed by atoms with E-state index < -0.39 is 17.9 Å². The Morgan fingerprint density at radius 3 is 2.67 bits per heavy atom. The van der Waals surface area contributed by atoms with Crippen LogP contribution < -0.4 is 21.1 Å². The molecule has 1 atom stereocenters.